The minimum atomic E-state index is -3.00. The molecule has 0 radical (unpaired) electrons. The van der Waals surface area contributed by atoms with Crippen molar-refractivity contribution in [3.05, 3.63) is 0 Å². The fourth-order valence-corrected chi connectivity index (χ4v) is 3.11. The largest absolute Gasteiger partial charge is 0.330 e. The van der Waals surface area contributed by atoms with Crippen LogP contribution in [0.25, 0.3) is 0 Å². The quantitative estimate of drug-likeness (QED) is 0.726. The van der Waals surface area contributed by atoms with E-state index in [1.165, 1.54) is 0 Å². The van der Waals surface area contributed by atoms with Gasteiger partial charge in [-0.15, -0.1) is 0 Å². The highest BCUT2D eigenvalue weighted by atomic mass is 32.2. The van der Waals surface area contributed by atoms with E-state index in [4.69, 9.17) is 5.73 Å². The Morgan fingerprint density at radius 3 is 2.25 bits per heavy atom. The zero-order valence-corrected chi connectivity index (χ0v) is 11.0. The van der Waals surface area contributed by atoms with Gasteiger partial charge in [-0.25, -0.2) is 8.42 Å². The van der Waals surface area contributed by atoms with Crippen LogP contribution in [0.2, 0.25) is 0 Å². The van der Waals surface area contributed by atoms with Crippen molar-refractivity contribution >= 4 is 10.0 Å². The molecule has 0 aromatic rings. The lowest BCUT2D eigenvalue weighted by molar-refractivity contribution is 0.141. The van der Waals surface area contributed by atoms with Crippen LogP contribution in [0.5, 0.6) is 0 Å². The summed E-state index contributed by atoms with van der Waals surface area (Å²) < 4.78 is 24.9. The normalized spacial score (nSPS) is 22.2. The highest BCUT2D eigenvalue weighted by molar-refractivity contribution is 7.89. The molecule has 0 aromatic carbocycles. The lowest BCUT2D eigenvalue weighted by atomic mass is 10.2. The number of nitrogens with two attached hydrogens (primary N) is 1. The summed E-state index contributed by atoms with van der Waals surface area (Å²) in [6.07, 6.45) is 0.973. The summed E-state index contributed by atoms with van der Waals surface area (Å²) in [7, 11) is -3.00. The lowest BCUT2D eigenvalue weighted by Crippen LogP contribution is -2.51. The number of rotatable bonds is 5. The van der Waals surface area contributed by atoms with Crippen molar-refractivity contribution in [2.24, 2.45) is 5.73 Å². The minimum absolute atomic E-state index is 0.200. The van der Waals surface area contributed by atoms with Crippen molar-refractivity contribution in [2.45, 2.75) is 26.3 Å². The fourth-order valence-electron chi connectivity index (χ4n) is 2.03. The van der Waals surface area contributed by atoms with Crippen LogP contribution in [0.1, 0.15) is 20.3 Å². The highest BCUT2D eigenvalue weighted by Gasteiger charge is 2.26. The number of piperazine rings is 1. The van der Waals surface area contributed by atoms with Gasteiger partial charge in [-0.2, -0.15) is 4.31 Å². The van der Waals surface area contributed by atoms with E-state index < -0.39 is 10.0 Å². The molecular weight excluding hydrogens is 226 g/mol. The smallest absolute Gasteiger partial charge is 0.213 e. The van der Waals surface area contributed by atoms with E-state index in [2.05, 4.69) is 11.8 Å². The fraction of sp³-hybridized carbons (Fsp3) is 1.00. The Morgan fingerprint density at radius 1 is 1.25 bits per heavy atom. The molecule has 6 heteroatoms. The SMILES string of the molecule is CCS(=O)(=O)N1CCN(C(C)CCN)CC1. The molecule has 1 aliphatic rings. The summed E-state index contributed by atoms with van der Waals surface area (Å²) in [6.45, 7) is 7.40. The molecule has 1 aliphatic heterocycles. The molecule has 0 bridgehead atoms. The maximum Gasteiger partial charge on any atom is 0.213 e. The third kappa shape index (κ3) is 3.41. The van der Waals surface area contributed by atoms with E-state index in [-0.39, 0.29) is 5.75 Å². The van der Waals surface area contributed by atoms with Crippen LogP contribution in [0.3, 0.4) is 0 Å². The van der Waals surface area contributed by atoms with Crippen molar-refractivity contribution in [1.29, 1.82) is 0 Å². The van der Waals surface area contributed by atoms with Crippen molar-refractivity contribution in [1.82, 2.24) is 9.21 Å². The van der Waals surface area contributed by atoms with Gasteiger partial charge in [-0.3, -0.25) is 4.90 Å². The molecule has 1 heterocycles. The molecule has 2 N–H and O–H groups in total. The second-order valence-electron chi connectivity index (χ2n) is 4.26. The molecule has 0 spiro atoms. The third-order valence-electron chi connectivity index (χ3n) is 3.24. The first-order chi connectivity index (χ1) is 7.51. The first-order valence-corrected chi connectivity index (χ1v) is 7.54. The second-order valence-corrected chi connectivity index (χ2v) is 6.52. The van der Waals surface area contributed by atoms with E-state index >= 15 is 0 Å². The maximum absolute atomic E-state index is 11.6. The Kier molecular flexibility index (Phi) is 5.17. The van der Waals surface area contributed by atoms with Gasteiger partial charge in [0.05, 0.1) is 5.75 Å². The molecule has 1 rings (SSSR count). The molecule has 0 aromatic heterocycles. The number of sulfonamides is 1. The van der Waals surface area contributed by atoms with Gasteiger partial charge in [-0.05, 0) is 26.8 Å². The van der Waals surface area contributed by atoms with Crippen LogP contribution in [0.4, 0.5) is 0 Å². The van der Waals surface area contributed by atoms with E-state index in [1.54, 1.807) is 11.2 Å². The Labute approximate surface area is 98.6 Å². The second kappa shape index (κ2) is 5.95. The van der Waals surface area contributed by atoms with Gasteiger partial charge in [0.15, 0.2) is 0 Å². The summed E-state index contributed by atoms with van der Waals surface area (Å²) in [5.74, 6) is 0.200. The highest BCUT2D eigenvalue weighted by Crippen LogP contribution is 2.11. The molecule has 1 atom stereocenters. The molecule has 0 aliphatic carbocycles. The summed E-state index contributed by atoms with van der Waals surface area (Å²) in [5, 5.41) is 0. The third-order valence-corrected chi connectivity index (χ3v) is 5.12. The molecule has 1 fully saturated rings. The first kappa shape index (κ1) is 13.9. The average molecular weight is 249 g/mol. The van der Waals surface area contributed by atoms with Crippen LogP contribution in [0, 0.1) is 0 Å². The summed E-state index contributed by atoms with van der Waals surface area (Å²) in [6, 6.07) is 0.455. The summed E-state index contributed by atoms with van der Waals surface area (Å²) in [5.41, 5.74) is 5.52. The molecule has 0 saturated carbocycles. The van der Waals surface area contributed by atoms with Crippen molar-refractivity contribution in [3.63, 3.8) is 0 Å². The molecule has 96 valence electrons. The van der Waals surface area contributed by atoms with Crippen LogP contribution >= 0.6 is 0 Å². The van der Waals surface area contributed by atoms with Crippen molar-refractivity contribution in [2.75, 3.05) is 38.5 Å². The molecule has 16 heavy (non-hydrogen) atoms. The monoisotopic (exact) mass is 249 g/mol. The van der Waals surface area contributed by atoms with Gasteiger partial charge < -0.3 is 5.73 Å². The van der Waals surface area contributed by atoms with Gasteiger partial charge in [-0.1, -0.05) is 0 Å². The minimum Gasteiger partial charge on any atom is -0.330 e. The van der Waals surface area contributed by atoms with Crippen LogP contribution in [0.15, 0.2) is 0 Å². The average Bonchev–Trinajstić information content (AvgIpc) is 2.29. The predicted molar refractivity (Wildman–Crippen MR) is 65.7 cm³/mol. The summed E-state index contributed by atoms with van der Waals surface area (Å²) in [4.78, 5) is 2.31. The molecule has 1 unspecified atom stereocenters. The maximum atomic E-state index is 11.6. The Hall–Kier alpha value is -0.170. The van der Waals surface area contributed by atoms with E-state index in [9.17, 15) is 8.42 Å². The summed E-state index contributed by atoms with van der Waals surface area (Å²) >= 11 is 0. The zero-order chi connectivity index (χ0) is 12.2. The molecular formula is C10H23N3O2S. The van der Waals surface area contributed by atoms with Gasteiger partial charge in [0, 0.05) is 32.2 Å². The molecule has 0 amide bonds. The standard InChI is InChI=1S/C10H23N3O2S/c1-3-16(14,15)13-8-6-12(7-9-13)10(2)4-5-11/h10H,3-9,11H2,1-2H3. The number of hydrogen-bond donors (Lipinski definition) is 1. The molecule has 1 saturated heterocycles. The Balaban J connectivity index is 2.45. The van der Waals surface area contributed by atoms with Crippen LogP contribution in [-0.4, -0.2) is 62.1 Å². The van der Waals surface area contributed by atoms with Crippen molar-refractivity contribution < 1.29 is 8.42 Å². The van der Waals surface area contributed by atoms with E-state index in [0.29, 0.717) is 25.7 Å². The molecule has 5 nitrogen and oxygen atoms in total. The topological polar surface area (TPSA) is 66.6 Å². The Bertz CT molecular complexity index is 297. The van der Waals surface area contributed by atoms with E-state index in [1.807, 2.05) is 0 Å². The number of hydrogen-bond acceptors (Lipinski definition) is 4. The van der Waals surface area contributed by atoms with Crippen molar-refractivity contribution in [3.8, 4) is 0 Å². The lowest BCUT2D eigenvalue weighted by Gasteiger charge is -2.37. The van der Waals surface area contributed by atoms with Gasteiger partial charge in [0.2, 0.25) is 10.0 Å². The van der Waals surface area contributed by atoms with Gasteiger partial charge in [0.1, 0.15) is 0 Å². The zero-order valence-electron chi connectivity index (χ0n) is 10.2. The van der Waals surface area contributed by atoms with Crippen LogP contribution < -0.4 is 5.73 Å². The van der Waals surface area contributed by atoms with Gasteiger partial charge >= 0.3 is 0 Å². The number of nitrogens with zero attached hydrogens (tertiary/aromatic N) is 2. The van der Waals surface area contributed by atoms with Gasteiger partial charge in [0.25, 0.3) is 0 Å². The first-order valence-electron chi connectivity index (χ1n) is 5.93. The Morgan fingerprint density at radius 2 is 1.81 bits per heavy atom. The predicted octanol–water partition coefficient (Wildman–Crippen LogP) is -0.309. The van der Waals surface area contributed by atoms with E-state index in [0.717, 1.165) is 19.5 Å². The van der Waals surface area contributed by atoms with Crippen LogP contribution in [-0.2, 0) is 10.0 Å².